The van der Waals surface area contributed by atoms with Crippen LogP contribution in [0, 0.1) is 0 Å². The minimum atomic E-state index is -0.600. The normalized spacial score (nSPS) is 18.4. The number of carbonyl (C=O) groups excluding carboxylic acids is 1. The van der Waals surface area contributed by atoms with Crippen LogP contribution in [0.3, 0.4) is 0 Å². The van der Waals surface area contributed by atoms with E-state index in [1.54, 1.807) is 23.9 Å². The molecule has 1 amide bonds. The van der Waals surface area contributed by atoms with E-state index < -0.39 is 6.29 Å². The van der Waals surface area contributed by atoms with Crippen LogP contribution < -0.4 is 5.32 Å². The fourth-order valence-electron chi connectivity index (χ4n) is 7.26. The van der Waals surface area contributed by atoms with Crippen LogP contribution in [0.2, 0.25) is 0 Å². The Morgan fingerprint density at radius 1 is 0.648 bits per heavy atom. The Labute approximate surface area is 328 Å². The van der Waals surface area contributed by atoms with Crippen molar-refractivity contribution in [1.29, 1.82) is 0 Å². The monoisotopic (exact) mass is 751 g/mol. The molecule has 54 heavy (non-hydrogen) atoms. The standard InChI is InChI=1S/C47H61NO5S/c1-2-3-4-5-6-7-8-9-10-11-12-13-17-20-44(51)48-33-36-21-27-40(28-22-36)47-52-43(35-54-42-31-29-41(50)30-32-42)45(38-18-15-14-16-19-38)46(53-47)39-25-23-37(34-49)24-26-39/h14-16,18-19,21-32,43,45-47,49-50H,2-13,17,20,33-35H2,1H3,(H,48,51). The molecule has 4 atom stereocenters. The van der Waals surface area contributed by atoms with Crippen LogP contribution >= 0.6 is 11.8 Å². The molecule has 0 bridgehead atoms. The summed E-state index contributed by atoms with van der Waals surface area (Å²) < 4.78 is 13.7. The van der Waals surface area contributed by atoms with Gasteiger partial charge in [0, 0.05) is 35.1 Å². The van der Waals surface area contributed by atoms with Crippen LogP contribution in [0.1, 0.15) is 143 Å². The molecule has 4 aromatic carbocycles. The van der Waals surface area contributed by atoms with Gasteiger partial charge in [-0.25, -0.2) is 0 Å². The number of phenolic OH excluding ortho intramolecular Hbond substituents is 1. The average molecular weight is 752 g/mol. The van der Waals surface area contributed by atoms with Crippen molar-refractivity contribution in [3.63, 3.8) is 0 Å². The Morgan fingerprint density at radius 3 is 1.83 bits per heavy atom. The number of carbonyl (C=O) groups is 1. The zero-order chi connectivity index (χ0) is 37.8. The first kappa shape index (κ1) is 41.5. The van der Waals surface area contributed by atoms with Gasteiger partial charge in [0.15, 0.2) is 6.29 Å². The van der Waals surface area contributed by atoms with Crippen molar-refractivity contribution in [2.75, 3.05) is 5.75 Å². The third-order valence-corrected chi connectivity index (χ3v) is 11.6. The molecule has 1 saturated heterocycles. The quantitative estimate of drug-likeness (QED) is 0.0517. The molecule has 4 unspecified atom stereocenters. The fourth-order valence-corrected chi connectivity index (χ4v) is 8.23. The number of thioether (sulfide) groups is 1. The van der Waals surface area contributed by atoms with Crippen LogP contribution in [0.25, 0.3) is 0 Å². The molecule has 6 nitrogen and oxygen atoms in total. The fraction of sp³-hybridized carbons (Fsp3) is 0.468. The second-order valence-electron chi connectivity index (χ2n) is 14.7. The second-order valence-corrected chi connectivity index (χ2v) is 15.8. The van der Waals surface area contributed by atoms with E-state index in [4.69, 9.17) is 9.47 Å². The summed E-state index contributed by atoms with van der Waals surface area (Å²) in [6.45, 7) is 2.75. The molecule has 290 valence electrons. The lowest BCUT2D eigenvalue weighted by Crippen LogP contribution is -2.38. The van der Waals surface area contributed by atoms with Gasteiger partial charge < -0.3 is 25.0 Å². The zero-order valence-electron chi connectivity index (χ0n) is 32.2. The van der Waals surface area contributed by atoms with E-state index in [1.807, 2.05) is 78.9 Å². The highest BCUT2D eigenvalue weighted by Gasteiger charge is 2.41. The van der Waals surface area contributed by atoms with E-state index in [-0.39, 0.29) is 36.4 Å². The third kappa shape index (κ3) is 13.6. The summed E-state index contributed by atoms with van der Waals surface area (Å²) in [5.41, 5.74) is 4.96. The number of aliphatic hydroxyl groups is 1. The average Bonchev–Trinajstić information content (AvgIpc) is 3.21. The molecule has 1 fully saturated rings. The Kier molecular flexibility index (Phi) is 18.0. The van der Waals surface area contributed by atoms with Gasteiger partial charge in [0.2, 0.25) is 5.91 Å². The minimum absolute atomic E-state index is 0.0161. The van der Waals surface area contributed by atoms with Crippen LogP contribution in [-0.4, -0.2) is 28.0 Å². The van der Waals surface area contributed by atoms with Gasteiger partial charge in [-0.15, -0.1) is 11.8 Å². The smallest absolute Gasteiger partial charge is 0.220 e. The van der Waals surface area contributed by atoms with Crippen molar-refractivity contribution < 1.29 is 24.5 Å². The highest BCUT2D eigenvalue weighted by atomic mass is 32.2. The highest BCUT2D eigenvalue weighted by molar-refractivity contribution is 7.99. The Morgan fingerprint density at radius 2 is 1.22 bits per heavy atom. The van der Waals surface area contributed by atoms with Crippen LogP contribution in [0.15, 0.2) is 108 Å². The lowest BCUT2D eigenvalue weighted by molar-refractivity contribution is -0.255. The first-order valence-corrected chi connectivity index (χ1v) is 21.4. The number of hydrogen-bond acceptors (Lipinski definition) is 6. The summed E-state index contributed by atoms with van der Waals surface area (Å²) in [4.78, 5) is 13.7. The molecule has 0 radical (unpaired) electrons. The maximum absolute atomic E-state index is 12.6. The zero-order valence-corrected chi connectivity index (χ0v) is 33.0. The van der Waals surface area contributed by atoms with Gasteiger partial charge in [0.1, 0.15) is 5.75 Å². The van der Waals surface area contributed by atoms with E-state index in [9.17, 15) is 15.0 Å². The van der Waals surface area contributed by atoms with Crippen molar-refractivity contribution in [1.82, 2.24) is 5.32 Å². The number of unbranched alkanes of at least 4 members (excludes halogenated alkanes) is 12. The number of benzene rings is 4. The molecule has 0 spiro atoms. The predicted octanol–water partition coefficient (Wildman–Crippen LogP) is 11.7. The largest absolute Gasteiger partial charge is 0.508 e. The summed E-state index contributed by atoms with van der Waals surface area (Å²) >= 11 is 1.70. The first-order valence-electron chi connectivity index (χ1n) is 20.4. The number of ether oxygens (including phenoxy) is 2. The summed E-state index contributed by atoms with van der Waals surface area (Å²) in [5.74, 6) is 0.945. The number of rotatable bonds is 23. The highest BCUT2D eigenvalue weighted by Crippen LogP contribution is 2.48. The molecule has 0 aliphatic carbocycles. The van der Waals surface area contributed by atoms with Crippen LogP contribution in [0.5, 0.6) is 5.75 Å². The predicted molar refractivity (Wildman–Crippen MR) is 220 cm³/mol. The van der Waals surface area contributed by atoms with Crippen LogP contribution in [-0.2, 0) is 27.4 Å². The van der Waals surface area contributed by atoms with E-state index in [0.29, 0.717) is 18.7 Å². The second kappa shape index (κ2) is 23.3. The van der Waals surface area contributed by atoms with Gasteiger partial charge >= 0.3 is 0 Å². The van der Waals surface area contributed by atoms with Gasteiger partial charge in [-0.05, 0) is 52.9 Å². The lowest BCUT2D eigenvalue weighted by atomic mass is 9.84. The van der Waals surface area contributed by atoms with Crippen molar-refractivity contribution >= 4 is 17.7 Å². The SMILES string of the molecule is CCCCCCCCCCCCCCCC(=O)NCc1ccc(C2OC(CSc3ccc(O)cc3)C(c3ccccc3)C(c3ccc(CO)cc3)O2)cc1. The molecular weight excluding hydrogens is 691 g/mol. The van der Waals surface area contributed by atoms with Crippen molar-refractivity contribution in [2.45, 2.75) is 139 Å². The maximum atomic E-state index is 12.6. The molecule has 1 heterocycles. The van der Waals surface area contributed by atoms with E-state index in [0.717, 1.165) is 45.6 Å². The van der Waals surface area contributed by atoms with Gasteiger partial charge in [0.25, 0.3) is 0 Å². The number of hydrogen-bond donors (Lipinski definition) is 3. The van der Waals surface area contributed by atoms with E-state index in [1.165, 1.54) is 70.6 Å². The molecule has 1 aliphatic rings. The molecule has 0 saturated carbocycles. The third-order valence-electron chi connectivity index (χ3n) is 10.5. The van der Waals surface area contributed by atoms with Gasteiger partial charge in [-0.2, -0.15) is 0 Å². The number of nitrogens with one attached hydrogen (secondary N) is 1. The Hall–Kier alpha value is -3.62. The number of aliphatic hydroxyl groups excluding tert-OH is 1. The molecule has 0 aromatic heterocycles. The topological polar surface area (TPSA) is 88.0 Å². The molecular formula is C47H61NO5S. The first-order chi connectivity index (χ1) is 26.5. The molecule has 4 aromatic rings. The van der Waals surface area contributed by atoms with Gasteiger partial charge in [-0.1, -0.05) is 163 Å². The Bertz CT molecular complexity index is 1610. The van der Waals surface area contributed by atoms with E-state index in [2.05, 4.69) is 24.4 Å². The summed E-state index contributed by atoms with van der Waals surface area (Å²) in [5, 5.41) is 22.6. The van der Waals surface area contributed by atoms with Crippen molar-refractivity contribution in [2.24, 2.45) is 0 Å². The van der Waals surface area contributed by atoms with Crippen molar-refractivity contribution in [3.05, 3.63) is 131 Å². The molecule has 7 heteroatoms. The Balaban J connectivity index is 1.14. The number of phenols is 1. The summed E-state index contributed by atoms with van der Waals surface area (Å²) in [6, 6.07) is 33.8. The molecule has 1 aliphatic heterocycles. The van der Waals surface area contributed by atoms with Crippen LogP contribution in [0.4, 0.5) is 0 Å². The minimum Gasteiger partial charge on any atom is -0.508 e. The molecule has 3 N–H and O–H groups in total. The number of aromatic hydroxyl groups is 1. The number of amides is 1. The lowest BCUT2D eigenvalue weighted by Gasteiger charge is -2.43. The molecule has 5 rings (SSSR count). The van der Waals surface area contributed by atoms with Gasteiger partial charge in [0.05, 0.1) is 18.8 Å². The summed E-state index contributed by atoms with van der Waals surface area (Å²) in [7, 11) is 0. The maximum Gasteiger partial charge on any atom is 0.220 e. The summed E-state index contributed by atoms with van der Waals surface area (Å²) in [6.07, 6.45) is 16.3. The van der Waals surface area contributed by atoms with Crippen molar-refractivity contribution in [3.8, 4) is 5.75 Å². The van der Waals surface area contributed by atoms with E-state index >= 15 is 0 Å². The van der Waals surface area contributed by atoms with Gasteiger partial charge in [-0.3, -0.25) is 4.79 Å².